The molecule has 0 aromatic heterocycles. The molecule has 0 aliphatic carbocycles. The molecule has 3 heterocycles. The van der Waals surface area contributed by atoms with Crippen molar-refractivity contribution in [3.05, 3.63) is 0 Å². The van der Waals surface area contributed by atoms with Gasteiger partial charge in [-0.2, -0.15) is 13.2 Å². The van der Waals surface area contributed by atoms with Crippen molar-refractivity contribution in [3.8, 4) is 0 Å². The van der Waals surface area contributed by atoms with Gasteiger partial charge in [-0.05, 0) is 51.1 Å². The fourth-order valence-electron chi connectivity index (χ4n) is 4.49. The van der Waals surface area contributed by atoms with Crippen molar-refractivity contribution in [2.45, 2.75) is 38.3 Å². The van der Waals surface area contributed by atoms with Gasteiger partial charge in [0.1, 0.15) is 0 Å². The van der Waals surface area contributed by atoms with E-state index in [1.165, 1.54) is 4.90 Å². The van der Waals surface area contributed by atoms with Gasteiger partial charge < -0.3 is 15.0 Å². The standard InChI is InChI=1S/C18H31F3N4O.HI/c1-22-16(25-10-5-17(12-25)6-11-26-14-17)23-7-2-15-3-8-24(9-4-15)13-18(19,20)21;/h15H,2-14H2,1H3,(H,22,23);1H. The van der Waals surface area contributed by atoms with Crippen molar-refractivity contribution in [3.63, 3.8) is 0 Å². The first kappa shape index (κ1) is 23.0. The molecule has 27 heavy (non-hydrogen) atoms. The highest BCUT2D eigenvalue weighted by molar-refractivity contribution is 14.0. The topological polar surface area (TPSA) is 40.1 Å². The van der Waals surface area contributed by atoms with Crippen LogP contribution in [0.4, 0.5) is 13.2 Å². The minimum Gasteiger partial charge on any atom is -0.381 e. The van der Waals surface area contributed by atoms with Gasteiger partial charge in [0, 0.05) is 38.7 Å². The number of aliphatic imine (C=N–C) groups is 1. The summed E-state index contributed by atoms with van der Waals surface area (Å²) in [5.41, 5.74) is 0.308. The number of guanidine groups is 1. The number of ether oxygens (including phenoxy) is 1. The number of piperidine rings is 1. The molecule has 0 radical (unpaired) electrons. The molecule has 3 saturated heterocycles. The average molecular weight is 504 g/mol. The summed E-state index contributed by atoms with van der Waals surface area (Å²) in [5, 5.41) is 3.46. The molecular formula is C18H32F3IN4O. The lowest BCUT2D eigenvalue weighted by Crippen LogP contribution is -2.43. The van der Waals surface area contributed by atoms with Crippen LogP contribution in [0.15, 0.2) is 4.99 Å². The van der Waals surface area contributed by atoms with Crippen molar-refractivity contribution in [2.75, 3.05) is 59.5 Å². The van der Waals surface area contributed by atoms with Crippen LogP contribution in [0.3, 0.4) is 0 Å². The van der Waals surface area contributed by atoms with Gasteiger partial charge in [-0.1, -0.05) is 0 Å². The van der Waals surface area contributed by atoms with Gasteiger partial charge in [0.25, 0.3) is 0 Å². The van der Waals surface area contributed by atoms with Crippen LogP contribution in [0.25, 0.3) is 0 Å². The van der Waals surface area contributed by atoms with Crippen LogP contribution < -0.4 is 5.32 Å². The van der Waals surface area contributed by atoms with Crippen LogP contribution >= 0.6 is 24.0 Å². The fourth-order valence-corrected chi connectivity index (χ4v) is 4.49. The van der Waals surface area contributed by atoms with E-state index in [9.17, 15) is 13.2 Å². The largest absolute Gasteiger partial charge is 0.401 e. The summed E-state index contributed by atoms with van der Waals surface area (Å²) in [5.74, 6) is 1.45. The average Bonchev–Trinajstić information content (AvgIpc) is 3.22. The van der Waals surface area contributed by atoms with Crippen LogP contribution in [0.5, 0.6) is 0 Å². The molecule has 0 saturated carbocycles. The number of hydrogen-bond donors (Lipinski definition) is 1. The molecule has 3 fully saturated rings. The lowest BCUT2D eigenvalue weighted by atomic mass is 9.87. The van der Waals surface area contributed by atoms with E-state index in [0.717, 1.165) is 70.9 Å². The van der Waals surface area contributed by atoms with E-state index in [1.54, 1.807) is 0 Å². The molecule has 0 amide bonds. The van der Waals surface area contributed by atoms with Crippen LogP contribution in [0.1, 0.15) is 32.1 Å². The van der Waals surface area contributed by atoms with Gasteiger partial charge in [-0.3, -0.25) is 9.89 Å². The number of nitrogens with zero attached hydrogens (tertiary/aromatic N) is 3. The predicted molar refractivity (Wildman–Crippen MR) is 111 cm³/mol. The second-order valence-electron chi connectivity index (χ2n) is 8.07. The number of nitrogens with one attached hydrogen (secondary N) is 1. The SMILES string of the molecule is CN=C(NCCC1CCN(CC(F)(F)F)CC1)N1CCC2(CCOC2)C1.I. The first-order valence-electron chi connectivity index (χ1n) is 9.72. The monoisotopic (exact) mass is 504 g/mol. The van der Waals surface area contributed by atoms with Gasteiger partial charge >= 0.3 is 6.18 Å². The van der Waals surface area contributed by atoms with E-state index >= 15 is 0 Å². The summed E-state index contributed by atoms with van der Waals surface area (Å²) < 4.78 is 42.9. The van der Waals surface area contributed by atoms with E-state index in [-0.39, 0.29) is 24.0 Å². The van der Waals surface area contributed by atoms with Crippen molar-refractivity contribution in [2.24, 2.45) is 16.3 Å². The first-order valence-corrected chi connectivity index (χ1v) is 9.72. The molecule has 3 rings (SSSR count). The quantitative estimate of drug-likeness (QED) is 0.363. The molecule has 9 heteroatoms. The van der Waals surface area contributed by atoms with Gasteiger partial charge in [0.15, 0.2) is 5.96 Å². The van der Waals surface area contributed by atoms with Crippen molar-refractivity contribution in [1.29, 1.82) is 0 Å². The minimum absolute atomic E-state index is 0. The number of alkyl halides is 3. The van der Waals surface area contributed by atoms with Crippen LogP contribution in [0.2, 0.25) is 0 Å². The molecule has 1 spiro atoms. The van der Waals surface area contributed by atoms with E-state index < -0.39 is 12.7 Å². The van der Waals surface area contributed by atoms with Crippen LogP contribution in [0, 0.1) is 11.3 Å². The molecule has 1 N–H and O–H groups in total. The third-order valence-electron chi connectivity index (χ3n) is 6.08. The third-order valence-corrected chi connectivity index (χ3v) is 6.08. The highest BCUT2D eigenvalue weighted by Crippen LogP contribution is 2.38. The molecule has 0 aromatic carbocycles. The summed E-state index contributed by atoms with van der Waals surface area (Å²) in [7, 11) is 1.81. The zero-order valence-electron chi connectivity index (χ0n) is 16.1. The number of hydrogen-bond acceptors (Lipinski definition) is 3. The maximum Gasteiger partial charge on any atom is 0.401 e. The van der Waals surface area contributed by atoms with E-state index in [2.05, 4.69) is 15.2 Å². The lowest BCUT2D eigenvalue weighted by Gasteiger charge is -2.32. The lowest BCUT2D eigenvalue weighted by molar-refractivity contribution is -0.148. The zero-order chi connectivity index (χ0) is 18.6. The zero-order valence-corrected chi connectivity index (χ0v) is 18.4. The Hall–Kier alpha value is -0.290. The summed E-state index contributed by atoms with van der Waals surface area (Å²) in [6.45, 7) is 4.90. The predicted octanol–water partition coefficient (Wildman–Crippen LogP) is 2.96. The number of rotatable bonds is 4. The summed E-state index contributed by atoms with van der Waals surface area (Å²) in [6.07, 6.45) is 0.892. The van der Waals surface area contributed by atoms with Gasteiger partial charge in [-0.15, -0.1) is 24.0 Å². The highest BCUT2D eigenvalue weighted by Gasteiger charge is 2.42. The Balaban J connectivity index is 0.00000261. The Labute approximate surface area is 177 Å². The molecular weight excluding hydrogens is 472 g/mol. The molecule has 3 aliphatic rings. The van der Waals surface area contributed by atoms with Gasteiger partial charge in [0.05, 0.1) is 13.2 Å². The maximum absolute atomic E-state index is 12.4. The fraction of sp³-hybridized carbons (Fsp3) is 0.944. The molecule has 5 nitrogen and oxygen atoms in total. The molecule has 0 aromatic rings. The van der Waals surface area contributed by atoms with Crippen molar-refractivity contribution in [1.82, 2.24) is 15.1 Å². The van der Waals surface area contributed by atoms with E-state index in [0.29, 0.717) is 24.4 Å². The highest BCUT2D eigenvalue weighted by atomic mass is 127. The second-order valence-corrected chi connectivity index (χ2v) is 8.07. The molecule has 1 unspecified atom stereocenters. The van der Waals surface area contributed by atoms with Crippen LogP contribution in [-0.2, 0) is 4.74 Å². The maximum atomic E-state index is 12.4. The molecule has 1 atom stereocenters. The number of likely N-dealkylation sites (tertiary alicyclic amines) is 2. The summed E-state index contributed by atoms with van der Waals surface area (Å²) in [6, 6.07) is 0. The number of halogens is 4. The third kappa shape index (κ3) is 6.62. The second kappa shape index (κ2) is 9.96. The van der Waals surface area contributed by atoms with E-state index in [4.69, 9.17) is 4.74 Å². The van der Waals surface area contributed by atoms with E-state index in [1.807, 2.05) is 7.05 Å². The minimum atomic E-state index is -4.08. The van der Waals surface area contributed by atoms with Crippen LogP contribution in [-0.4, -0.2) is 81.5 Å². The molecule has 158 valence electrons. The first-order chi connectivity index (χ1) is 12.4. The van der Waals surface area contributed by atoms with Gasteiger partial charge in [-0.25, -0.2) is 0 Å². The Morgan fingerprint density at radius 3 is 2.56 bits per heavy atom. The Kier molecular flexibility index (Phi) is 8.48. The van der Waals surface area contributed by atoms with Gasteiger partial charge in [0.2, 0.25) is 0 Å². The molecule has 0 bridgehead atoms. The summed E-state index contributed by atoms with van der Waals surface area (Å²) >= 11 is 0. The Morgan fingerprint density at radius 1 is 1.22 bits per heavy atom. The Morgan fingerprint density at radius 2 is 1.96 bits per heavy atom. The summed E-state index contributed by atoms with van der Waals surface area (Å²) in [4.78, 5) is 8.26. The normalized spacial score (nSPS) is 28.0. The smallest absolute Gasteiger partial charge is 0.381 e. The Bertz CT molecular complexity index is 489. The van der Waals surface area contributed by atoms with Crippen molar-refractivity contribution < 1.29 is 17.9 Å². The molecule has 3 aliphatic heterocycles. The van der Waals surface area contributed by atoms with Crippen molar-refractivity contribution >= 4 is 29.9 Å².